The second-order valence-corrected chi connectivity index (χ2v) is 4.76. The normalized spacial score (nSPS) is 20.1. The molecule has 1 heterocycles. The molecule has 1 atom stereocenters. The van der Waals surface area contributed by atoms with Crippen molar-refractivity contribution in [3.05, 3.63) is 23.8 Å². The molecule has 4 heteroatoms. The van der Waals surface area contributed by atoms with Gasteiger partial charge in [0.05, 0.1) is 14.2 Å². The quantitative estimate of drug-likeness (QED) is 0.861. The topological polar surface area (TPSA) is 41.9 Å². The lowest BCUT2D eigenvalue weighted by atomic mass is 10.1. The lowest BCUT2D eigenvalue weighted by Crippen LogP contribution is -2.20. The Morgan fingerprint density at radius 1 is 1.28 bits per heavy atom. The lowest BCUT2D eigenvalue weighted by molar-refractivity contribution is 0.220. The second kappa shape index (κ2) is 6.07. The van der Waals surface area contributed by atoms with Crippen LogP contribution < -0.4 is 9.47 Å². The average Bonchev–Trinajstić information content (AvgIpc) is 2.86. The van der Waals surface area contributed by atoms with E-state index in [4.69, 9.17) is 14.6 Å². The predicted molar refractivity (Wildman–Crippen MR) is 70.0 cm³/mol. The Balaban J connectivity index is 2.01. The fourth-order valence-electron chi connectivity index (χ4n) is 2.44. The number of benzene rings is 1. The van der Waals surface area contributed by atoms with Crippen molar-refractivity contribution in [3.63, 3.8) is 0 Å². The number of hydrogen-bond donors (Lipinski definition) is 1. The lowest BCUT2D eigenvalue weighted by Gasteiger charge is -2.17. The van der Waals surface area contributed by atoms with Crippen LogP contribution in [-0.4, -0.2) is 43.9 Å². The average molecular weight is 251 g/mol. The third kappa shape index (κ3) is 2.94. The highest BCUT2D eigenvalue weighted by Crippen LogP contribution is 2.28. The first kappa shape index (κ1) is 13.2. The number of aliphatic hydroxyl groups excluding tert-OH is 1. The standard InChI is InChI=1S/C14H21NO3/c1-17-13-4-3-11(7-14(13)18-2)8-15-6-5-12(9-15)10-16/h3-4,7,12,16H,5-6,8-10H2,1-2H3. The highest BCUT2D eigenvalue weighted by atomic mass is 16.5. The summed E-state index contributed by atoms with van der Waals surface area (Å²) in [6.07, 6.45) is 1.09. The van der Waals surface area contributed by atoms with E-state index < -0.39 is 0 Å². The van der Waals surface area contributed by atoms with Gasteiger partial charge in [-0.2, -0.15) is 0 Å². The minimum absolute atomic E-state index is 0.294. The van der Waals surface area contributed by atoms with Crippen LogP contribution in [-0.2, 0) is 6.54 Å². The van der Waals surface area contributed by atoms with Gasteiger partial charge in [-0.25, -0.2) is 0 Å². The van der Waals surface area contributed by atoms with Gasteiger partial charge in [0, 0.05) is 19.7 Å². The minimum Gasteiger partial charge on any atom is -0.493 e. The summed E-state index contributed by atoms with van der Waals surface area (Å²) < 4.78 is 10.5. The van der Waals surface area contributed by atoms with Crippen LogP contribution >= 0.6 is 0 Å². The Labute approximate surface area is 108 Å². The van der Waals surface area contributed by atoms with Crippen molar-refractivity contribution in [2.75, 3.05) is 33.9 Å². The zero-order valence-electron chi connectivity index (χ0n) is 11.1. The molecule has 1 aromatic carbocycles. The molecule has 0 aromatic heterocycles. The smallest absolute Gasteiger partial charge is 0.161 e. The molecule has 1 saturated heterocycles. The Kier molecular flexibility index (Phi) is 4.44. The van der Waals surface area contributed by atoms with Gasteiger partial charge in [-0.1, -0.05) is 6.07 Å². The molecule has 0 amide bonds. The molecule has 2 rings (SSSR count). The van der Waals surface area contributed by atoms with E-state index in [1.54, 1.807) is 14.2 Å². The van der Waals surface area contributed by atoms with Crippen LogP contribution in [0, 0.1) is 5.92 Å². The summed E-state index contributed by atoms with van der Waals surface area (Å²) in [4.78, 5) is 2.36. The van der Waals surface area contributed by atoms with Gasteiger partial charge in [0.15, 0.2) is 11.5 Å². The molecule has 1 aromatic rings. The summed E-state index contributed by atoms with van der Waals surface area (Å²) in [5.74, 6) is 1.97. The van der Waals surface area contributed by atoms with Gasteiger partial charge in [0.2, 0.25) is 0 Å². The molecule has 1 unspecified atom stereocenters. The zero-order chi connectivity index (χ0) is 13.0. The van der Waals surface area contributed by atoms with Crippen LogP contribution in [0.3, 0.4) is 0 Å². The third-order valence-corrected chi connectivity index (χ3v) is 3.48. The highest BCUT2D eigenvalue weighted by molar-refractivity contribution is 5.42. The molecule has 1 aliphatic rings. The third-order valence-electron chi connectivity index (χ3n) is 3.48. The minimum atomic E-state index is 0.294. The first-order chi connectivity index (χ1) is 8.76. The Morgan fingerprint density at radius 2 is 2.06 bits per heavy atom. The van der Waals surface area contributed by atoms with Crippen LogP contribution in [0.25, 0.3) is 0 Å². The molecule has 0 bridgehead atoms. The second-order valence-electron chi connectivity index (χ2n) is 4.76. The fraction of sp³-hybridized carbons (Fsp3) is 0.571. The monoisotopic (exact) mass is 251 g/mol. The van der Waals surface area contributed by atoms with E-state index in [0.29, 0.717) is 12.5 Å². The van der Waals surface area contributed by atoms with E-state index >= 15 is 0 Å². The van der Waals surface area contributed by atoms with Gasteiger partial charge in [0.1, 0.15) is 0 Å². The summed E-state index contributed by atoms with van der Waals surface area (Å²) in [7, 11) is 3.29. The number of nitrogens with zero attached hydrogens (tertiary/aromatic N) is 1. The Hall–Kier alpha value is -1.26. The maximum Gasteiger partial charge on any atom is 0.161 e. The number of aliphatic hydroxyl groups is 1. The number of rotatable bonds is 5. The van der Waals surface area contributed by atoms with E-state index in [2.05, 4.69) is 11.0 Å². The molecule has 0 spiro atoms. The van der Waals surface area contributed by atoms with E-state index in [1.807, 2.05) is 12.1 Å². The van der Waals surface area contributed by atoms with E-state index in [9.17, 15) is 0 Å². The number of ether oxygens (including phenoxy) is 2. The van der Waals surface area contributed by atoms with Crippen molar-refractivity contribution < 1.29 is 14.6 Å². The Morgan fingerprint density at radius 3 is 2.67 bits per heavy atom. The summed E-state index contributed by atoms with van der Waals surface area (Å²) in [6, 6.07) is 6.02. The highest BCUT2D eigenvalue weighted by Gasteiger charge is 2.21. The predicted octanol–water partition coefficient (Wildman–Crippen LogP) is 1.52. The first-order valence-electron chi connectivity index (χ1n) is 6.31. The van der Waals surface area contributed by atoms with Gasteiger partial charge in [0.25, 0.3) is 0 Å². The molecule has 1 aliphatic heterocycles. The van der Waals surface area contributed by atoms with Gasteiger partial charge >= 0.3 is 0 Å². The zero-order valence-corrected chi connectivity index (χ0v) is 11.1. The SMILES string of the molecule is COc1ccc(CN2CCC(CO)C2)cc1OC. The van der Waals surface area contributed by atoms with Crippen LogP contribution in [0.1, 0.15) is 12.0 Å². The molecule has 1 fully saturated rings. The number of likely N-dealkylation sites (tertiary alicyclic amines) is 1. The summed E-state index contributed by atoms with van der Waals surface area (Å²) in [6.45, 7) is 3.23. The van der Waals surface area contributed by atoms with E-state index in [-0.39, 0.29) is 0 Å². The molecular weight excluding hydrogens is 230 g/mol. The molecule has 0 radical (unpaired) electrons. The molecule has 0 saturated carbocycles. The largest absolute Gasteiger partial charge is 0.493 e. The van der Waals surface area contributed by atoms with Crippen molar-refractivity contribution in [1.29, 1.82) is 0 Å². The van der Waals surface area contributed by atoms with Crippen LogP contribution in [0.5, 0.6) is 11.5 Å². The molecule has 100 valence electrons. The number of hydrogen-bond acceptors (Lipinski definition) is 4. The molecule has 0 aliphatic carbocycles. The van der Waals surface area contributed by atoms with Crippen molar-refractivity contribution in [2.24, 2.45) is 5.92 Å². The molecule has 4 nitrogen and oxygen atoms in total. The van der Waals surface area contributed by atoms with Crippen molar-refractivity contribution >= 4 is 0 Å². The van der Waals surface area contributed by atoms with E-state index in [1.165, 1.54) is 5.56 Å². The summed E-state index contributed by atoms with van der Waals surface area (Å²) >= 11 is 0. The number of methoxy groups -OCH3 is 2. The van der Waals surface area contributed by atoms with Crippen molar-refractivity contribution in [1.82, 2.24) is 4.90 Å². The maximum absolute atomic E-state index is 9.14. The summed E-state index contributed by atoms with van der Waals surface area (Å²) in [5.41, 5.74) is 1.21. The van der Waals surface area contributed by atoms with Gasteiger partial charge < -0.3 is 14.6 Å². The molecular formula is C14H21NO3. The fourth-order valence-corrected chi connectivity index (χ4v) is 2.44. The van der Waals surface area contributed by atoms with Crippen molar-refractivity contribution in [2.45, 2.75) is 13.0 Å². The first-order valence-corrected chi connectivity index (χ1v) is 6.31. The van der Waals surface area contributed by atoms with Crippen LogP contribution in [0.4, 0.5) is 0 Å². The Bertz CT molecular complexity index is 395. The van der Waals surface area contributed by atoms with Gasteiger partial charge in [-0.05, 0) is 36.6 Å². The maximum atomic E-state index is 9.14. The molecule has 18 heavy (non-hydrogen) atoms. The molecule has 1 N–H and O–H groups in total. The van der Waals surface area contributed by atoms with Gasteiger partial charge in [-0.15, -0.1) is 0 Å². The van der Waals surface area contributed by atoms with Crippen molar-refractivity contribution in [3.8, 4) is 11.5 Å². The van der Waals surface area contributed by atoms with Gasteiger partial charge in [-0.3, -0.25) is 4.90 Å². The van der Waals surface area contributed by atoms with Crippen LogP contribution in [0.2, 0.25) is 0 Å². The summed E-state index contributed by atoms with van der Waals surface area (Å²) in [5, 5.41) is 9.14. The van der Waals surface area contributed by atoms with E-state index in [0.717, 1.165) is 37.6 Å². The van der Waals surface area contributed by atoms with Crippen LogP contribution in [0.15, 0.2) is 18.2 Å².